The minimum atomic E-state index is -5.08. The Hall–Kier alpha value is -3.10. The molecule has 0 radical (unpaired) electrons. The van der Waals surface area contributed by atoms with E-state index in [2.05, 4.69) is 40.1 Å². The topological polar surface area (TPSA) is 103 Å². The van der Waals surface area contributed by atoms with Gasteiger partial charge < -0.3 is 19.4 Å². The van der Waals surface area contributed by atoms with E-state index < -0.39 is 24.3 Å². The first kappa shape index (κ1) is 29.5. The predicted molar refractivity (Wildman–Crippen MR) is 119 cm³/mol. The number of alkyl halides is 6. The molecule has 2 aromatic rings. The van der Waals surface area contributed by atoms with Crippen LogP contribution in [0.3, 0.4) is 0 Å². The maximum Gasteiger partial charge on any atom is 0.490 e. The summed E-state index contributed by atoms with van der Waals surface area (Å²) >= 11 is 0. The summed E-state index contributed by atoms with van der Waals surface area (Å²) < 4.78 is 74.6. The van der Waals surface area contributed by atoms with Crippen LogP contribution >= 0.6 is 0 Å². The van der Waals surface area contributed by atoms with Crippen LogP contribution in [0.5, 0.6) is 0 Å². The summed E-state index contributed by atoms with van der Waals surface area (Å²) in [6.45, 7) is 7.07. The number of benzene rings is 1. The highest BCUT2D eigenvalue weighted by atomic mass is 19.4. The van der Waals surface area contributed by atoms with Crippen LogP contribution in [0.25, 0.3) is 0 Å². The molecule has 0 spiro atoms. The summed E-state index contributed by atoms with van der Waals surface area (Å²) in [5.74, 6) is -3.09. The molecular weight excluding hydrogens is 526 g/mol. The first-order valence-corrected chi connectivity index (χ1v) is 11.5. The van der Waals surface area contributed by atoms with Crippen molar-refractivity contribution in [3.05, 3.63) is 59.5 Å². The van der Waals surface area contributed by atoms with Crippen molar-refractivity contribution in [2.24, 2.45) is 5.92 Å². The van der Waals surface area contributed by atoms with Gasteiger partial charge in [0.25, 0.3) is 0 Å². The van der Waals surface area contributed by atoms with E-state index in [1.54, 1.807) is 17.4 Å². The zero-order valence-corrected chi connectivity index (χ0v) is 19.9. The third kappa shape index (κ3) is 7.48. The van der Waals surface area contributed by atoms with E-state index >= 15 is 0 Å². The maximum atomic E-state index is 10.6. The van der Waals surface area contributed by atoms with Crippen LogP contribution in [0.4, 0.5) is 26.3 Å². The van der Waals surface area contributed by atoms with E-state index in [4.69, 9.17) is 29.0 Å². The number of carboxylic acid groups (broad SMARTS) is 2. The highest BCUT2D eigenvalue weighted by Gasteiger charge is 2.48. The van der Waals surface area contributed by atoms with Gasteiger partial charge in [-0.05, 0) is 29.2 Å². The maximum absolute atomic E-state index is 10.6. The number of furan rings is 1. The van der Waals surface area contributed by atoms with E-state index in [1.165, 1.54) is 0 Å². The molecule has 2 aliphatic heterocycles. The number of halogens is 6. The fourth-order valence-electron chi connectivity index (χ4n) is 4.99. The van der Waals surface area contributed by atoms with Gasteiger partial charge in [-0.25, -0.2) is 9.59 Å². The van der Waals surface area contributed by atoms with Gasteiger partial charge in [0.2, 0.25) is 0 Å². The van der Waals surface area contributed by atoms with Crippen molar-refractivity contribution in [2.75, 3.05) is 39.4 Å². The van der Waals surface area contributed by atoms with E-state index in [0.29, 0.717) is 17.9 Å². The quantitative estimate of drug-likeness (QED) is 0.548. The molecular formula is C24H26F6N2O6. The normalized spacial score (nSPS) is 23.4. The van der Waals surface area contributed by atoms with Gasteiger partial charge in [0, 0.05) is 38.1 Å². The number of ether oxygens (including phenoxy) is 1. The van der Waals surface area contributed by atoms with Gasteiger partial charge in [-0.1, -0.05) is 24.3 Å². The zero-order valence-electron chi connectivity index (χ0n) is 19.9. The van der Waals surface area contributed by atoms with Crippen molar-refractivity contribution >= 4 is 11.9 Å². The number of carboxylic acids is 2. The van der Waals surface area contributed by atoms with Crippen molar-refractivity contribution in [2.45, 2.75) is 30.9 Å². The minimum Gasteiger partial charge on any atom is -0.475 e. The van der Waals surface area contributed by atoms with Gasteiger partial charge in [-0.3, -0.25) is 9.80 Å². The molecule has 14 heteroatoms. The van der Waals surface area contributed by atoms with Crippen LogP contribution in [-0.2, 0) is 20.9 Å². The van der Waals surface area contributed by atoms with Gasteiger partial charge >= 0.3 is 24.3 Å². The molecule has 5 rings (SSSR count). The molecule has 1 aromatic carbocycles. The standard InChI is InChI=1S/C20H24N2O2.2C2HF3O2/c1-2-6-17-16(5-1)18-13-21(12-15-4-3-9-24-15)14-19(18)20(17)22-7-10-23-11-8-22;2*3-2(4,5)1(6)7/h1-6,9,18-20H,7-8,10-14H2;2*(H,6,7)/t18-,19-,20-;;/m0../s1. The summed E-state index contributed by atoms with van der Waals surface area (Å²) in [5, 5.41) is 14.2. The van der Waals surface area contributed by atoms with Crippen molar-refractivity contribution in [3.63, 3.8) is 0 Å². The molecule has 2 saturated heterocycles. The van der Waals surface area contributed by atoms with Gasteiger partial charge in [-0.2, -0.15) is 26.3 Å². The third-order valence-electron chi connectivity index (χ3n) is 6.44. The van der Waals surface area contributed by atoms with Crippen molar-refractivity contribution in [3.8, 4) is 0 Å². The number of morpholine rings is 1. The second-order valence-corrected chi connectivity index (χ2v) is 8.87. The lowest BCUT2D eigenvalue weighted by Crippen LogP contribution is -2.41. The number of fused-ring (bicyclic) bond motifs is 3. The Morgan fingerprint density at radius 3 is 1.92 bits per heavy atom. The first-order valence-electron chi connectivity index (χ1n) is 11.5. The van der Waals surface area contributed by atoms with Gasteiger partial charge in [0.1, 0.15) is 5.76 Å². The van der Waals surface area contributed by atoms with Crippen molar-refractivity contribution in [1.82, 2.24) is 9.80 Å². The molecule has 3 aliphatic rings. The number of nitrogens with zero attached hydrogens (tertiary/aromatic N) is 2. The van der Waals surface area contributed by atoms with Gasteiger partial charge in [0.05, 0.1) is 26.0 Å². The number of rotatable bonds is 3. The Balaban J connectivity index is 0.000000239. The van der Waals surface area contributed by atoms with Crippen LogP contribution in [0.2, 0.25) is 0 Å². The number of hydrogen-bond donors (Lipinski definition) is 2. The lowest BCUT2D eigenvalue weighted by molar-refractivity contribution is -0.193. The minimum absolute atomic E-state index is 0.553. The highest BCUT2D eigenvalue weighted by molar-refractivity contribution is 5.73. The predicted octanol–water partition coefficient (Wildman–Crippen LogP) is 4.15. The number of carbonyl (C=O) groups is 2. The molecule has 0 amide bonds. The summed E-state index contributed by atoms with van der Waals surface area (Å²) in [6, 6.07) is 13.7. The van der Waals surface area contributed by atoms with E-state index in [0.717, 1.165) is 51.7 Å². The fourth-order valence-corrected chi connectivity index (χ4v) is 4.99. The van der Waals surface area contributed by atoms with E-state index in [9.17, 15) is 26.3 Å². The first-order chi connectivity index (χ1) is 17.8. The number of hydrogen-bond acceptors (Lipinski definition) is 6. The summed E-state index contributed by atoms with van der Waals surface area (Å²) in [5.41, 5.74) is 3.13. The van der Waals surface area contributed by atoms with Crippen LogP contribution in [0.1, 0.15) is 28.8 Å². The molecule has 210 valence electrons. The highest BCUT2D eigenvalue weighted by Crippen LogP contribution is 2.52. The molecule has 1 aromatic heterocycles. The Morgan fingerprint density at radius 1 is 0.868 bits per heavy atom. The SMILES string of the molecule is O=C(O)C(F)(F)F.O=C(O)C(F)(F)F.c1coc(CN2C[C@H]3[C@@H](C2)c2ccccc2[C@@H]3N2CCOCC2)c1. The Morgan fingerprint density at radius 2 is 1.42 bits per heavy atom. The second kappa shape index (κ2) is 12.2. The Bertz CT molecular complexity index is 1050. The van der Waals surface area contributed by atoms with Gasteiger partial charge in [0.15, 0.2) is 0 Å². The molecule has 2 fully saturated rings. The van der Waals surface area contributed by atoms with E-state index in [-0.39, 0.29) is 0 Å². The van der Waals surface area contributed by atoms with Crippen molar-refractivity contribution in [1.29, 1.82) is 0 Å². The average Bonchev–Trinajstić information content (AvgIpc) is 3.56. The lowest BCUT2D eigenvalue weighted by Gasteiger charge is -2.36. The molecule has 3 heterocycles. The summed E-state index contributed by atoms with van der Waals surface area (Å²) in [4.78, 5) is 23.0. The molecule has 1 aliphatic carbocycles. The molecule has 3 atom stereocenters. The van der Waals surface area contributed by atoms with Crippen LogP contribution in [-0.4, -0.2) is 83.7 Å². The molecule has 0 unspecified atom stereocenters. The fraction of sp³-hybridized carbons (Fsp3) is 0.500. The smallest absolute Gasteiger partial charge is 0.475 e. The largest absolute Gasteiger partial charge is 0.490 e. The zero-order chi connectivity index (χ0) is 28.1. The molecule has 0 bridgehead atoms. The van der Waals surface area contributed by atoms with Gasteiger partial charge in [-0.15, -0.1) is 0 Å². The molecule has 0 saturated carbocycles. The van der Waals surface area contributed by atoms with Crippen LogP contribution in [0.15, 0.2) is 47.1 Å². The second-order valence-electron chi connectivity index (χ2n) is 8.87. The lowest BCUT2D eigenvalue weighted by atomic mass is 9.93. The molecule has 2 N–H and O–H groups in total. The summed E-state index contributed by atoms with van der Waals surface area (Å²) in [6.07, 6.45) is -8.39. The Kier molecular flexibility index (Phi) is 9.44. The average molecular weight is 552 g/mol. The van der Waals surface area contributed by atoms with Crippen LogP contribution in [0, 0.1) is 5.92 Å². The Labute approximate surface area is 213 Å². The molecule has 8 nitrogen and oxygen atoms in total. The van der Waals surface area contributed by atoms with Crippen LogP contribution < -0.4 is 0 Å². The monoisotopic (exact) mass is 552 g/mol. The van der Waals surface area contributed by atoms with Crippen molar-refractivity contribution < 1.29 is 55.3 Å². The van der Waals surface area contributed by atoms with E-state index in [1.807, 2.05) is 6.07 Å². The third-order valence-corrected chi connectivity index (χ3v) is 6.44. The summed E-state index contributed by atoms with van der Waals surface area (Å²) in [7, 11) is 0. The molecule has 38 heavy (non-hydrogen) atoms. The number of likely N-dealkylation sites (tertiary alicyclic amines) is 1. The number of aliphatic carboxylic acids is 2.